The maximum Gasteiger partial charge on any atom is 0.164 e. The van der Waals surface area contributed by atoms with Crippen molar-refractivity contribution in [3.05, 3.63) is 253 Å². The van der Waals surface area contributed by atoms with Gasteiger partial charge in [-0.2, -0.15) is 0 Å². The van der Waals surface area contributed by atoms with Gasteiger partial charge in [-0.05, 0) is 106 Å². The normalized spacial score (nSPS) is 14.0. The van der Waals surface area contributed by atoms with Crippen LogP contribution in [-0.4, -0.2) is 19.5 Å². The van der Waals surface area contributed by atoms with Crippen LogP contribution in [0.1, 0.15) is 23.5 Å². The van der Waals surface area contributed by atoms with E-state index < -0.39 is 0 Å². The van der Waals surface area contributed by atoms with Gasteiger partial charge in [-0.25, -0.2) is 15.0 Å². The first-order valence-corrected chi connectivity index (χ1v) is 23.2. The van der Waals surface area contributed by atoms with E-state index in [9.17, 15) is 0 Å². The van der Waals surface area contributed by atoms with Gasteiger partial charge in [-0.1, -0.05) is 182 Å². The molecule has 0 fully saturated rings. The summed E-state index contributed by atoms with van der Waals surface area (Å²) in [6.45, 7) is 0. The van der Waals surface area contributed by atoms with Crippen molar-refractivity contribution in [1.82, 2.24) is 19.5 Å². The largest absolute Gasteiger partial charge is 0.461 e. The van der Waals surface area contributed by atoms with Crippen LogP contribution in [0.15, 0.2) is 242 Å². The summed E-state index contributed by atoms with van der Waals surface area (Å²) in [5.74, 6) is 3.86. The highest BCUT2D eigenvalue weighted by molar-refractivity contribution is 6.10. The number of hydrogen-bond donors (Lipinski definition) is 0. The zero-order valence-electron chi connectivity index (χ0n) is 37.0. The van der Waals surface area contributed by atoms with Gasteiger partial charge in [0.15, 0.2) is 17.5 Å². The molecule has 3 heterocycles. The van der Waals surface area contributed by atoms with E-state index in [1.165, 1.54) is 60.8 Å². The number of benzene rings is 9. The first kappa shape index (κ1) is 39.4. The number of ether oxygens (including phenoxy) is 1. The number of aromatic nitrogens is 4. The minimum Gasteiger partial charge on any atom is -0.461 e. The van der Waals surface area contributed by atoms with Crippen molar-refractivity contribution in [3.63, 3.8) is 0 Å². The predicted octanol–water partition coefficient (Wildman–Crippen LogP) is 15.8. The molecule has 5 heteroatoms. The lowest BCUT2D eigenvalue weighted by atomic mass is 9.82. The van der Waals surface area contributed by atoms with Gasteiger partial charge in [0.25, 0.3) is 0 Å². The van der Waals surface area contributed by atoms with Crippen molar-refractivity contribution in [2.24, 2.45) is 0 Å². The Kier molecular flexibility index (Phi) is 9.57. The summed E-state index contributed by atoms with van der Waals surface area (Å²) in [4.78, 5) is 15.0. The third-order valence-corrected chi connectivity index (χ3v) is 13.4. The molecule has 0 radical (unpaired) electrons. The molecule has 13 rings (SSSR count). The van der Waals surface area contributed by atoms with Crippen molar-refractivity contribution in [1.29, 1.82) is 0 Å². The average molecular weight is 871 g/mol. The van der Waals surface area contributed by atoms with Crippen molar-refractivity contribution >= 4 is 27.4 Å². The van der Waals surface area contributed by atoms with E-state index in [1.54, 1.807) is 0 Å². The molecule has 5 nitrogen and oxygen atoms in total. The molecule has 1 unspecified atom stereocenters. The fourth-order valence-electron chi connectivity index (χ4n) is 10.2. The summed E-state index contributed by atoms with van der Waals surface area (Å²) in [7, 11) is 0. The molecule has 9 aromatic carbocycles. The minimum absolute atomic E-state index is 0.0607. The van der Waals surface area contributed by atoms with E-state index in [0.29, 0.717) is 17.5 Å². The number of allylic oxidation sites excluding steroid dienone is 4. The zero-order chi connectivity index (χ0) is 45.0. The molecular formula is C63H42N4O. The van der Waals surface area contributed by atoms with Crippen LogP contribution in [0.4, 0.5) is 0 Å². The van der Waals surface area contributed by atoms with E-state index in [-0.39, 0.29) is 5.92 Å². The highest BCUT2D eigenvalue weighted by Gasteiger charge is 2.35. The van der Waals surface area contributed by atoms with Crippen LogP contribution in [-0.2, 0) is 0 Å². The van der Waals surface area contributed by atoms with Gasteiger partial charge in [0.05, 0.1) is 17.0 Å². The van der Waals surface area contributed by atoms with Gasteiger partial charge in [-0.3, -0.25) is 0 Å². The van der Waals surface area contributed by atoms with Gasteiger partial charge >= 0.3 is 0 Å². The summed E-state index contributed by atoms with van der Waals surface area (Å²) >= 11 is 0. The highest BCUT2D eigenvalue weighted by atomic mass is 16.5. The quantitative estimate of drug-likeness (QED) is 0.153. The Balaban J connectivity index is 0.868. The Morgan fingerprint density at radius 1 is 0.382 bits per heavy atom. The molecule has 11 aromatic rings. The summed E-state index contributed by atoms with van der Waals surface area (Å²) < 4.78 is 9.08. The number of hydrogen-bond acceptors (Lipinski definition) is 4. The van der Waals surface area contributed by atoms with Gasteiger partial charge in [0.2, 0.25) is 0 Å². The van der Waals surface area contributed by atoms with Crippen LogP contribution >= 0.6 is 0 Å². The summed E-state index contributed by atoms with van der Waals surface area (Å²) in [6.07, 6.45) is 5.25. The van der Waals surface area contributed by atoms with E-state index >= 15 is 0 Å². The van der Waals surface area contributed by atoms with Crippen LogP contribution in [0.5, 0.6) is 5.75 Å². The highest BCUT2D eigenvalue weighted by Crippen LogP contribution is 2.52. The van der Waals surface area contributed by atoms with E-state index in [0.717, 1.165) is 51.4 Å². The standard InChI is InChI=1S/C63H42N4O/c1-5-17-41(18-6-1)49-36-50(42-19-7-2-8-20-42)38-51(37-49)67-56-29-14-13-27-53(56)54-39-45(31-33-57(54)67)46-32-34-58-55(40-46)60-52(28-16-30-59(60)68-58)47-25-15-26-48(35-47)63-65-61(43-21-9-3-10-22-43)64-62(66-63)44-23-11-4-12-24-44/h1-39,55H,40H2. The molecule has 0 saturated heterocycles. The van der Waals surface area contributed by atoms with E-state index in [2.05, 4.69) is 181 Å². The summed E-state index contributed by atoms with van der Waals surface area (Å²) in [5.41, 5.74) is 17.0. The second-order valence-corrected chi connectivity index (χ2v) is 17.5. The Bertz CT molecular complexity index is 3670. The molecule has 0 spiro atoms. The Morgan fingerprint density at radius 3 is 1.57 bits per heavy atom. The lowest BCUT2D eigenvalue weighted by molar-refractivity contribution is 0.426. The number of para-hydroxylation sites is 1. The van der Waals surface area contributed by atoms with E-state index in [4.69, 9.17) is 19.7 Å². The zero-order valence-corrected chi connectivity index (χ0v) is 37.0. The maximum absolute atomic E-state index is 6.65. The lowest BCUT2D eigenvalue weighted by Crippen LogP contribution is -2.05. The fraction of sp³-hybridized carbons (Fsp3) is 0.0317. The smallest absolute Gasteiger partial charge is 0.164 e. The molecule has 2 aromatic heterocycles. The second-order valence-electron chi connectivity index (χ2n) is 17.5. The molecule has 0 saturated carbocycles. The minimum atomic E-state index is 0.0607. The van der Waals surface area contributed by atoms with Crippen LogP contribution in [0.25, 0.3) is 101 Å². The molecule has 0 bridgehead atoms. The van der Waals surface area contributed by atoms with Crippen LogP contribution < -0.4 is 4.74 Å². The fourth-order valence-corrected chi connectivity index (χ4v) is 10.2. The van der Waals surface area contributed by atoms with Gasteiger partial charge in [-0.15, -0.1) is 0 Å². The Hall–Kier alpha value is -8.93. The van der Waals surface area contributed by atoms with Crippen molar-refractivity contribution in [2.45, 2.75) is 12.3 Å². The predicted molar refractivity (Wildman–Crippen MR) is 277 cm³/mol. The SMILES string of the molecule is C1=C(c2ccc3c(c2)c2ccccc2n3-c2cc(-c3ccccc3)cc(-c3ccccc3)c2)CC2C(=C1)Oc1cccc(-c3cccc(-c4nc(-c5ccccc5)nc(-c5ccccc5)n4)c3)c12. The summed E-state index contributed by atoms with van der Waals surface area (Å²) in [5, 5.41) is 2.45. The number of fused-ring (bicyclic) bond motifs is 6. The monoisotopic (exact) mass is 870 g/mol. The second kappa shape index (κ2) is 16.5. The average Bonchev–Trinajstić information content (AvgIpc) is 3.97. The van der Waals surface area contributed by atoms with Gasteiger partial charge in [0.1, 0.15) is 11.5 Å². The van der Waals surface area contributed by atoms with Gasteiger partial charge in [0, 0.05) is 38.7 Å². The Morgan fingerprint density at radius 2 is 0.912 bits per heavy atom. The van der Waals surface area contributed by atoms with Crippen molar-refractivity contribution in [2.75, 3.05) is 0 Å². The van der Waals surface area contributed by atoms with Crippen molar-refractivity contribution < 1.29 is 4.74 Å². The number of rotatable bonds is 8. The van der Waals surface area contributed by atoms with Crippen LogP contribution in [0, 0.1) is 0 Å². The third kappa shape index (κ3) is 7.00. The number of nitrogens with zero attached hydrogens (tertiary/aromatic N) is 4. The molecule has 0 N–H and O–H groups in total. The molecule has 2 aliphatic rings. The molecule has 320 valence electrons. The third-order valence-electron chi connectivity index (χ3n) is 13.4. The topological polar surface area (TPSA) is 52.8 Å². The molecule has 0 amide bonds. The first-order valence-electron chi connectivity index (χ1n) is 23.2. The molecule has 1 aliphatic carbocycles. The van der Waals surface area contributed by atoms with E-state index in [1.807, 2.05) is 60.7 Å². The summed E-state index contributed by atoms with van der Waals surface area (Å²) in [6, 6.07) is 79.4. The molecule has 1 aliphatic heterocycles. The van der Waals surface area contributed by atoms with Crippen LogP contribution in [0.3, 0.4) is 0 Å². The molecular weight excluding hydrogens is 829 g/mol. The first-order chi connectivity index (χ1) is 33.7. The van der Waals surface area contributed by atoms with Crippen LogP contribution in [0.2, 0.25) is 0 Å². The maximum atomic E-state index is 6.65. The van der Waals surface area contributed by atoms with Gasteiger partial charge < -0.3 is 9.30 Å². The Labute approximate surface area is 394 Å². The lowest BCUT2D eigenvalue weighted by Gasteiger charge is -2.20. The van der Waals surface area contributed by atoms with Crippen molar-refractivity contribution in [3.8, 4) is 79.0 Å². The molecule has 68 heavy (non-hydrogen) atoms. The molecule has 1 atom stereocenters.